The number of carbonyl (C=O) groups excluding carboxylic acids is 3. The van der Waals surface area contributed by atoms with Crippen molar-refractivity contribution in [1.29, 1.82) is 0 Å². The predicted molar refractivity (Wildman–Crippen MR) is 153 cm³/mol. The minimum absolute atomic E-state index is 0.0122. The number of nitrogens with zero attached hydrogens (tertiary/aromatic N) is 2. The highest BCUT2D eigenvalue weighted by Crippen LogP contribution is 2.46. The molecule has 3 amide bonds. The molecule has 8 nitrogen and oxygen atoms in total. The molecule has 0 unspecified atom stereocenters. The van der Waals surface area contributed by atoms with Crippen LogP contribution in [0.2, 0.25) is 0 Å². The minimum Gasteiger partial charge on any atom is -0.351 e. The van der Waals surface area contributed by atoms with Gasteiger partial charge in [0.2, 0.25) is 17.6 Å². The molecule has 2 aliphatic carbocycles. The summed E-state index contributed by atoms with van der Waals surface area (Å²) in [6.07, 6.45) is 12.5. The first kappa shape index (κ1) is 28.4. The molecule has 1 spiro atoms. The van der Waals surface area contributed by atoms with Crippen LogP contribution in [0.3, 0.4) is 0 Å². The van der Waals surface area contributed by atoms with Crippen LogP contribution in [0, 0.1) is 11.8 Å². The number of hydrogen-bond donors (Lipinski definition) is 2. The Balaban J connectivity index is 1.27. The van der Waals surface area contributed by atoms with E-state index in [1.54, 1.807) is 0 Å². The molecule has 1 aromatic carbocycles. The number of hydrogen-bond acceptors (Lipinski definition) is 5. The molecular weight excluding hydrogens is 504 g/mol. The Morgan fingerprint density at radius 1 is 1.05 bits per heavy atom. The molecule has 2 heterocycles. The Labute approximate surface area is 237 Å². The smallest absolute Gasteiger partial charge is 0.290 e. The number of rotatable bonds is 9. The average molecular weight is 549 g/mol. The lowest BCUT2D eigenvalue weighted by Gasteiger charge is -2.42. The lowest BCUT2D eigenvalue weighted by Crippen LogP contribution is -2.58. The van der Waals surface area contributed by atoms with Gasteiger partial charge < -0.3 is 20.1 Å². The maximum atomic E-state index is 13.9. The van der Waals surface area contributed by atoms with Gasteiger partial charge in [-0.15, -0.1) is 0 Å². The van der Waals surface area contributed by atoms with Gasteiger partial charge in [-0.25, -0.2) is 0 Å². The normalized spacial score (nSPS) is 20.9. The van der Waals surface area contributed by atoms with Crippen molar-refractivity contribution in [2.75, 3.05) is 13.1 Å². The summed E-state index contributed by atoms with van der Waals surface area (Å²) in [5.41, 5.74) is 3.07. The molecule has 1 saturated heterocycles. The van der Waals surface area contributed by atoms with Gasteiger partial charge in [0.05, 0.1) is 6.20 Å². The molecule has 2 aromatic rings. The molecule has 8 heteroatoms. The lowest BCUT2D eigenvalue weighted by molar-refractivity contribution is -0.139. The molecule has 1 saturated carbocycles. The van der Waals surface area contributed by atoms with Gasteiger partial charge in [-0.1, -0.05) is 81.8 Å². The SMILES string of the molecule is CC[C@H](C)[C@H](NC(=O)[C@H](CC1CCCCC1)NC(=O)c1ccno1)C(=O)N1CCC2(CCc3ccccc32)CC1. The second-order valence-corrected chi connectivity index (χ2v) is 12.3. The number of amides is 3. The fourth-order valence-corrected chi connectivity index (χ4v) is 7.12. The van der Waals surface area contributed by atoms with Gasteiger partial charge in [0.25, 0.3) is 5.91 Å². The van der Waals surface area contributed by atoms with E-state index in [-0.39, 0.29) is 28.9 Å². The minimum atomic E-state index is -0.736. The van der Waals surface area contributed by atoms with Crippen molar-refractivity contribution < 1.29 is 18.9 Å². The van der Waals surface area contributed by atoms with Crippen molar-refractivity contribution >= 4 is 17.7 Å². The van der Waals surface area contributed by atoms with Crippen molar-refractivity contribution in [1.82, 2.24) is 20.7 Å². The quantitative estimate of drug-likeness (QED) is 0.469. The summed E-state index contributed by atoms with van der Waals surface area (Å²) in [4.78, 5) is 42.4. The van der Waals surface area contributed by atoms with Crippen molar-refractivity contribution in [3.8, 4) is 0 Å². The van der Waals surface area contributed by atoms with Gasteiger partial charge in [-0.3, -0.25) is 14.4 Å². The van der Waals surface area contributed by atoms with E-state index in [1.165, 1.54) is 29.8 Å². The zero-order valence-corrected chi connectivity index (χ0v) is 24.0. The number of likely N-dealkylation sites (tertiary alicyclic amines) is 1. The molecule has 0 bridgehead atoms. The van der Waals surface area contributed by atoms with Crippen LogP contribution in [0.25, 0.3) is 0 Å². The first-order chi connectivity index (χ1) is 19.4. The number of benzene rings is 1. The maximum Gasteiger partial charge on any atom is 0.290 e. The Kier molecular flexibility index (Phi) is 8.91. The highest BCUT2D eigenvalue weighted by molar-refractivity contribution is 5.96. The van der Waals surface area contributed by atoms with Crippen LogP contribution in [0.15, 0.2) is 41.1 Å². The van der Waals surface area contributed by atoms with Gasteiger partial charge in [0.1, 0.15) is 12.1 Å². The number of aromatic nitrogens is 1. The first-order valence-corrected chi connectivity index (χ1v) is 15.3. The summed E-state index contributed by atoms with van der Waals surface area (Å²) in [6.45, 7) is 5.46. The van der Waals surface area contributed by atoms with E-state index in [9.17, 15) is 14.4 Å². The largest absolute Gasteiger partial charge is 0.351 e. The third-order valence-electron chi connectivity index (χ3n) is 9.85. The summed E-state index contributed by atoms with van der Waals surface area (Å²) in [7, 11) is 0. The molecule has 3 atom stereocenters. The van der Waals surface area contributed by atoms with Crippen LogP contribution in [0.4, 0.5) is 0 Å². The molecule has 2 N–H and O–H groups in total. The summed E-state index contributed by atoms with van der Waals surface area (Å²) < 4.78 is 5.03. The highest BCUT2D eigenvalue weighted by Gasteiger charge is 2.43. The monoisotopic (exact) mass is 548 g/mol. The second kappa shape index (κ2) is 12.6. The summed E-state index contributed by atoms with van der Waals surface area (Å²) in [5, 5.41) is 9.59. The third-order valence-corrected chi connectivity index (χ3v) is 9.85. The Bertz CT molecular complexity index is 1170. The van der Waals surface area contributed by atoms with Gasteiger partial charge >= 0.3 is 0 Å². The second-order valence-electron chi connectivity index (χ2n) is 12.3. The van der Waals surface area contributed by atoms with Crippen LogP contribution in [-0.4, -0.2) is 53.0 Å². The van der Waals surface area contributed by atoms with Crippen molar-refractivity contribution in [3.63, 3.8) is 0 Å². The number of carbonyl (C=O) groups is 3. The summed E-state index contributed by atoms with van der Waals surface area (Å²) in [6, 6.07) is 8.87. The van der Waals surface area contributed by atoms with E-state index in [4.69, 9.17) is 4.52 Å². The van der Waals surface area contributed by atoms with Gasteiger partial charge in [0.15, 0.2) is 0 Å². The van der Waals surface area contributed by atoms with E-state index < -0.39 is 18.0 Å². The van der Waals surface area contributed by atoms with E-state index in [0.717, 1.165) is 57.8 Å². The van der Waals surface area contributed by atoms with Gasteiger partial charge in [-0.05, 0) is 60.5 Å². The topological polar surface area (TPSA) is 105 Å². The number of fused-ring (bicyclic) bond motifs is 2. The Morgan fingerprint density at radius 2 is 1.80 bits per heavy atom. The zero-order valence-electron chi connectivity index (χ0n) is 24.0. The van der Waals surface area contributed by atoms with Crippen LogP contribution < -0.4 is 10.6 Å². The summed E-state index contributed by atoms with van der Waals surface area (Å²) in [5.74, 6) is -0.355. The van der Waals surface area contributed by atoms with Crippen molar-refractivity contribution in [2.45, 2.75) is 102 Å². The van der Waals surface area contributed by atoms with Gasteiger partial charge in [-0.2, -0.15) is 0 Å². The standard InChI is InChI=1S/C32H44N4O4/c1-3-22(2)28(31(39)36-19-16-32(17-20-36)15-13-24-11-7-8-12-25(24)32)35-29(37)26(21-23-9-5-4-6-10-23)34-30(38)27-14-18-33-40-27/h7-8,11-12,14,18,22-23,26,28H,3-6,9-10,13,15-17,19-21H2,1-2H3,(H,34,38)(H,35,37)/t22-,26-,28-/m0/s1. The number of nitrogens with one attached hydrogen (secondary N) is 2. The molecular formula is C32H44N4O4. The van der Waals surface area contributed by atoms with Gasteiger partial charge in [0, 0.05) is 19.2 Å². The van der Waals surface area contributed by atoms with E-state index >= 15 is 0 Å². The zero-order chi connectivity index (χ0) is 28.1. The van der Waals surface area contributed by atoms with Crippen LogP contribution >= 0.6 is 0 Å². The molecule has 1 aliphatic heterocycles. The number of aryl methyl sites for hydroxylation is 1. The fraction of sp³-hybridized carbons (Fsp3) is 0.625. The molecule has 40 heavy (non-hydrogen) atoms. The average Bonchev–Trinajstić information content (AvgIpc) is 3.65. The number of piperidine rings is 1. The Morgan fingerprint density at radius 3 is 2.50 bits per heavy atom. The van der Waals surface area contributed by atoms with Crippen molar-refractivity contribution in [3.05, 3.63) is 53.4 Å². The Hall–Kier alpha value is -3.16. The third kappa shape index (κ3) is 6.11. The van der Waals surface area contributed by atoms with Crippen LogP contribution in [0.1, 0.15) is 99.7 Å². The van der Waals surface area contributed by atoms with E-state index in [1.807, 2.05) is 18.7 Å². The molecule has 0 radical (unpaired) electrons. The van der Waals surface area contributed by atoms with Crippen LogP contribution in [0.5, 0.6) is 0 Å². The molecule has 5 rings (SSSR count). The van der Waals surface area contributed by atoms with Crippen LogP contribution in [-0.2, 0) is 21.4 Å². The molecule has 1 aromatic heterocycles. The fourth-order valence-electron chi connectivity index (χ4n) is 7.12. The first-order valence-electron chi connectivity index (χ1n) is 15.3. The van der Waals surface area contributed by atoms with E-state index in [0.29, 0.717) is 25.4 Å². The van der Waals surface area contributed by atoms with Crippen molar-refractivity contribution in [2.24, 2.45) is 11.8 Å². The maximum absolute atomic E-state index is 13.9. The lowest BCUT2D eigenvalue weighted by atomic mass is 9.73. The molecule has 216 valence electrons. The molecule has 2 fully saturated rings. The molecule has 3 aliphatic rings. The summed E-state index contributed by atoms with van der Waals surface area (Å²) >= 11 is 0. The van der Waals surface area contributed by atoms with E-state index in [2.05, 4.69) is 40.1 Å². The highest BCUT2D eigenvalue weighted by atomic mass is 16.5. The predicted octanol–water partition coefficient (Wildman–Crippen LogP) is 4.78.